The zero-order valence-electron chi connectivity index (χ0n) is 59.5. The SMILES string of the molecule is CCCCCCCN/C(=C\N)CCOC(=O)CCN(CCCCN1CC(C)N(CCCCN(CCC(=O)OCC/C(=C/N)N(N)CCCCCCC)CCC(=O)OCCc2cnnn2CCCCCCC)C[C@@H]1C)CCC(=O)OCC/C(=C/N)N(N)CCCCCCC. The molecule has 1 aliphatic rings. The maximum Gasteiger partial charge on any atom is 0.307 e. The lowest BCUT2D eigenvalue weighted by Gasteiger charge is -2.44. The van der Waals surface area contributed by atoms with Crippen LogP contribution in [0.25, 0.3) is 0 Å². The summed E-state index contributed by atoms with van der Waals surface area (Å²) in [6.45, 7) is 24.5. The molecule has 23 nitrogen and oxygen atoms in total. The lowest BCUT2D eigenvalue weighted by molar-refractivity contribution is -0.146. The van der Waals surface area contributed by atoms with Crippen molar-refractivity contribution in [1.82, 2.24) is 49.9 Å². The number of aryl methyl sites for hydroxylation is 1. The minimum Gasteiger partial charge on any atom is -0.465 e. The predicted octanol–water partition coefficient (Wildman–Crippen LogP) is 9.51. The number of carbonyl (C=O) groups excluding carboxylic acids is 4. The Morgan fingerprint density at radius 1 is 0.473 bits per heavy atom. The van der Waals surface area contributed by atoms with E-state index in [0.717, 1.165) is 146 Å². The van der Waals surface area contributed by atoms with Crippen LogP contribution in [0.3, 0.4) is 0 Å². The predicted molar refractivity (Wildman–Crippen MR) is 375 cm³/mol. The number of unbranched alkanes of at least 4 members (excludes halogenated alkanes) is 18. The number of hydrogen-bond donors (Lipinski definition) is 6. The number of hydrazine groups is 2. The van der Waals surface area contributed by atoms with Crippen molar-refractivity contribution in [2.75, 3.05) is 112 Å². The average Bonchev–Trinajstić information content (AvgIpc) is 2.96. The maximum absolute atomic E-state index is 13.1. The molecule has 2 heterocycles. The molecule has 0 aromatic carbocycles. The summed E-state index contributed by atoms with van der Waals surface area (Å²) < 4.78 is 24.7. The summed E-state index contributed by atoms with van der Waals surface area (Å²) in [6, 6.07) is 0.732. The van der Waals surface area contributed by atoms with E-state index in [1.54, 1.807) is 22.4 Å². The van der Waals surface area contributed by atoms with Gasteiger partial charge in [-0.25, -0.2) is 16.4 Å². The summed E-state index contributed by atoms with van der Waals surface area (Å²) in [6.07, 6.45) is 36.0. The Balaban J connectivity index is 1.96. The highest BCUT2D eigenvalue weighted by atomic mass is 16.5. The van der Waals surface area contributed by atoms with Gasteiger partial charge in [-0.3, -0.25) is 29.0 Å². The lowest BCUT2D eigenvalue weighted by Crippen LogP contribution is -2.56. The second-order valence-corrected chi connectivity index (χ2v) is 25.6. The largest absolute Gasteiger partial charge is 0.465 e. The lowest BCUT2D eigenvalue weighted by atomic mass is 10.1. The van der Waals surface area contributed by atoms with E-state index in [2.05, 4.69) is 76.8 Å². The molecule has 1 aromatic heterocycles. The van der Waals surface area contributed by atoms with Crippen molar-refractivity contribution < 1.29 is 38.1 Å². The highest BCUT2D eigenvalue weighted by Crippen LogP contribution is 2.19. The summed E-state index contributed by atoms with van der Waals surface area (Å²) >= 11 is 0. The molecule has 0 aliphatic carbocycles. The van der Waals surface area contributed by atoms with Crippen molar-refractivity contribution >= 4 is 23.9 Å². The van der Waals surface area contributed by atoms with Crippen LogP contribution in [0.1, 0.15) is 246 Å². The molecule has 1 aromatic rings. The standard InChI is InChI=1S/C70H135N15O8/c1-7-11-15-19-23-39-76-63(55-71)35-51-90-67(86)31-47-79(48-32-68(87)91-52-36-64(56-72)83(74)44-24-20-16-12-8-2)40-27-29-42-81-59-62(6)82(60-61(81)5)43-30-28-41-80(49-33-69(88)92-53-37-65(57-73)84(75)45-25-21-17-13-9-3)50-34-70(89)93-54-38-66-58-77-78-85(66)46-26-22-18-14-10-4/h55-58,61-62,76H,7-54,59-60,71-75H2,1-6H3/b63-55-,64-56-,65-57-/t61-,62?/m0/s1. The quantitative estimate of drug-likeness (QED) is 0.0116. The number of aromatic nitrogens is 3. The summed E-state index contributed by atoms with van der Waals surface area (Å²) in [7, 11) is 0. The summed E-state index contributed by atoms with van der Waals surface area (Å²) in [5, 5.41) is 15.1. The fourth-order valence-corrected chi connectivity index (χ4v) is 11.7. The molecule has 11 N–H and O–H groups in total. The van der Waals surface area contributed by atoms with E-state index in [0.29, 0.717) is 77.0 Å². The Labute approximate surface area is 563 Å². The van der Waals surface area contributed by atoms with Crippen LogP contribution in [0.15, 0.2) is 41.9 Å². The van der Waals surface area contributed by atoms with Gasteiger partial charge >= 0.3 is 23.9 Å². The van der Waals surface area contributed by atoms with Crippen LogP contribution in [-0.4, -0.2) is 192 Å². The number of nitrogens with two attached hydrogens (primary N) is 5. The molecule has 1 aliphatic heterocycles. The maximum atomic E-state index is 13.1. The molecule has 0 radical (unpaired) electrons. The topological polar surface area (TPSA) is 297 Å². The van der Waals surface area contributed by atoms with E-state index in [1.165, 1.54) is 95.9 Å². The molecule has 1 saturated heterocycles. The Hall–Kier alpha value is -5.20. The molecule has 538 valence electrons. The fraction of sp³-hybridized carbons (Fsp3) is 0.829. The van der Waals surface area contributed by atoms with Crippen LogP contribution in [0.5, 0.6) is 0 Å². The Bertz CT molecular complexity index is 2150. The number of nitrogens with one attached hydrogen (secondary N) is 1. The number of esters is 4. The van der Waals surface area contributed by atoms with Crippen LogP contribution in [0, 0.1) is 0 Å². The summed E-state index contributed by atoms with van der Waals surface area (Å²) in [5.41, 5.74) is 21.1. The fourth-order valence-electron chi connectivity index (χ4n) is 11.7. The second-order valence-electron chi connectivity index (χ2n) is 25.6. The molecule has 93 heavy (non-hydrogen) atoms. The van der Waals surface area contributed by atoms with Gasteiger partial charge in [0.15, 0.2) is 0 Å². The normalized spacial score (nSPS) is 15.1. The van der Waals surface area contributed by atoms with Crippen molar-refractivity contribution in [3.63, 3.8) is 0 Å². The molecule has 0 saturated carbocycles. The van der Waals surface area contributed by atoms with Gasteiger partial charge in [0.25, 0.3) is 0 Å². The number of nitrogens with zero attached hydrogens (tertiary/aromatic N) is 9. The average molecular weight is 1310 g/mol. The van der Waals surface area contributed by atoms with E-state index in [4.69, 9.17) is 47.8 Å². The van der Waals surface area contributed by atoms with Gasteiger partial charge in [0.05, 0.1) is 64.0 Å². The summed E-state index contributed by atoms with van der Waals surface area (Å²) in [4.78, 5) is 62.0. The van der Waals surface area contributed by atoms with Gasteiger partial charge in [-0.05, 0) is 91.4 Å². The minimum atomic E-state index is -0.299. The van der Waals surface area contributed by atoms with Crippen molar-refractivity contribution in [2.24, 2.45) is 28.9 Å². The van der Waals surface area contributed by atoms with Gasteiger partial charge in [0, 0.05) is 139 Å². The molecule has 1 fully saturated rings. The van der Waals surface area contributed by atoms with Crippen LogP contribution in [0.2, 0.25) is 0 Å². The molecular weight excluding hydrogens is 1180 g/mol. The first-order valence-electron chi connectivity index (χ1n) is 36.6. The Kier molecular flexibility index (Phi) is 50.5. The van der Waals surface area contributed by atoms with Crippen LogP contribution >= 0.6 is 0 Å². The third-order valence-electron chi connectivity index (χ3n) is 17.7. The van der Waals surface area contributed by atoms with E-state index in [9.17, 15) is 19.2 Å². The van der Waals surface area contributed by atoms with Crippen molar-refractivity contribution in [2.45, 2.75) is 266 Å². The van der Waals surface area contributed by atoms with Crippen LogP contribution in [0.4, 0.5) is 0 Å². The van der Waals surface area contributed by atoms with Crippen LogP contribution < -0.4 is 34.2 Å². The number of ether oxygens (including phenoxy) is 4. The van der Waals surface area contributed by atoms with Gasteiger partial charge in [-0.1, -0.05) is 136 Å². The van der Waals surface area contributed by atoms with Crippen molar-refractivity contribution in [3.05, 3.63) is 47.6 Å². The molecule has 0 bridgehead atoms. The van der Waals surface area contributed by atoms with Gasteiger partial charge in [0.1, 0.15) is 0 Å². The molecule has 1 unspecified atom stereocenters. The second kappa shape index (κ2) is 56.0. The number of rotatable bonds is 61. The Morgan fingerprint density at radius 3 is 1.27 bits per heavy atom. The van der Waals surface area contributed by atoms with Gasteiger partial charge in [0.2, 0.25) is 0 Å². The number of hydrogen-bond acceptors (Lipinski definition) is 22. The molecule has 0 amide bonds. The third-order valence-corrected chi connectivity index (χ3v) is 17.7. The molecule has 23 heteroatoms. The minimum absolute atomic E-state index is 0.186. The zero-order chi connectivity index (χ0) is 67.9. The monoisotopic (exact) mass is 1310 g/mol. The van der Waals surface area contributed by atoms with Gasteiger partial charge in [-0.2, -0.15) is 0 Å². The summed E-state index contributed by atoms with van der Waals surface area (Å²) in [5.74, 6) is 11.5. The van der Waals surface area contributed by atoms with E-state index >= 15 is 0 Å². The Morgan fingerprint density at radius 2 is 0.849 bits per heavy atom. The molecular formula is C70H135N15O8. The number of carbonyl (C=O) groups is 4. The highest BCUT2D eigenvalue weighted by Gasteiger charge is 2.28. The smallest absolute Gasteiger partial charge is 0.307 e. The zero-order valence-corrected chi connectivity index (χ0v) is 59.5. The van der Waals surface area contributed by atoms with E-state index < -0.39 is 0 Å². The third kappa shape index (κ3) is 42.1. The van der Waals surface area contributed by atoms with Crippen molar-refractivity contribution in [3.8, 4) is 0 Å². The molecule has 2 rings (SSSR count). The van der Waals surface area contributed by atoms with E-state index in [-0.39, 0.29) is 76.0 Å². The van der Waals surface area contributed by atoms with Crippen LogP contribution in [-0.2, 0) is 51.1 Å². The first-order valence-corrected chi connectivity index (χ1v) is 36.6. The van der Waals surface area contributed by atoms with Gasteiger partial charge < -0.3 is 61.3 Å². The molecule has 2 atom stereocenters. The van der Waals surface area contributed by atoms with Gasteiger partial charge in [-0.15, -0.1) is 5.10 Å². The van der Waals surface area contributed by atoms with Crippen molar-refractivity contribution in [1.29, 1.82) is 0 Å². The number of piperazine rings is 1. The van der Waals surface area contributed by atoms with E-state index in [1.807, 2.05) is 4.68 Å². The highest BCUT2D eigenvalue weighted by molar-refractivity contribution is 5.71. The first-order chi connectivity index (χ1) is 45.2. The first kappa shape index (κ1) is 83.9. The molecule has 0 spiro atoms.